The Morgan fingerprint density at radius 1 is 0.727 bits per heavy atom. The zero-order valence-corrected chi connectivity index (χ0v) is 29.0. The number of hydrogen-bond acceptors (Lipinski definition) is 8. The van der Waals surface area contributed by atoms with Crippen LogP contribution >= 0.6 is 9.64 Å². The van der Waals surface area contributed by atoms with Crippen LogP contribution in [0.15, 0.2) is 86.2 Å². The molecule has 0 bridgehead atoms. The Labute approximate surface area is 272 Å². The van der Waals surface area contributed by atoms with E-state index in [2.05, 4.69) is 72.7 Å². The van der Waals surface area contributed by atoms with E-state index < -0.39 is 0 Å². The molecule has 6 aromatic heterocycles. The summed E-state index contributed by atoms with van der Waals surface area (Å²) >= 11 is 1.33. The summed E-state index contributed by atoms with van der Waals surface area (Å²) < 4.78 is 7.81. The van der Waals surface area contributed by atoms with Gasteiger partial charge in [0.2, 0.25) is 0 Å². The summed E-state index contributed by atoms with van der Waals surface area (Å²) in [7, 11) is 8.40. The maximum absolute atomic E-state index is 4.67. The predicted molar refractivity (Wildman–Crippen MR) is 167 cm³/mol. The fraction of sp³-hybridized carbons (Fsp3) is 0.333. The molecule has 0 aliphatic rings. The zero-order valence-electron chi connectivity index (χ0n) is 25.7. The summed E-state index contributed by atoms with van der Waals surface area (Å²) in [5.41, 5.74) is 1.70. The molecule has 0 spiro atoms. The van der Waals surface area contributed by atoms with Crippen LogP contribution in [0.2, 0.25) is 0 Å². The Morgan fingerprint density at radius 2 is 1.20 bits per heavy atom. The normalized spacial score (nSPS) is 11.6. The van der Waals surface area contributed by atoms with E-state index in [-0.39, 0.29) is 0 Å². The van der Waals surface area contributed by atoms with Crippen LogP contribution in [0.25, 0.3) is 23.0 Å². The van der Waals surface area contributed by atoms with Gasteiger partial charge in [-0.3, -0.25) is 9.97 Å². The van der Waals surface area contributed by atoms with Crippen molar-refractivity contribution >= 4 is 9.64 Å². The van der Waals surface area contributed by atoms with Gasteiger partial charge in [0, 0.05) is 63.4 Å². The van der Waals surface area contributed by atoms with Crippen molar-refractivity contribution in [3.05, 3.63) is 97.9 Å². The number of halogens is 1. The van der Waals surface area contributed by atoms with Gasteiger partial charge in [0.25, 0.3) is 0 Å². The van der Waals surface area contributed by atoms with Gasteiger partial charge >= 0.3 is 27.2 Å². The maximum atomic E-state index is 4.67. The molecule has 14 heteroatoms. The van der Waals surface area contributed by atoms with Crippen LogP contribution in [0.4, 0.5) is 0 Å². The number of rotatable bonds is 7. The first-order chi connectivity index (χ1) is 21.4. The molecular weight excluding hydrogens is 754 g/mol. The number of aromatic nitrogens is 12. The number of imidazole rings is 2. The molecule has 2 atom stereocenters. The molecule has 0 saturated heterocycles. The molecule has 0 saturated carbocycles. The van der Waals surface area contributed by atoms with Crippen molar-refractivity contribution in [3.8, 4) is 23.0 Å². The monoisotopic (exact) mass is 793 g/mol. The van der Waals surface area contributed by atoms with Gasteiger partial charge in [0.1, 0.15) is 23.0 Å². The molecule has 0 aliphatic carbocycles. The van der Waals surface area contributed by atoms with E-state index in [1.165, 1.54) is 17.6 Å². The van der Waals surface area contributed by atoms with Crippen molar-refractivity contribution in [2.45, 2.75) is 52.6 Å². The fourth-order valence-electron chi connectivity index (χ4n) is 4.49. The standard InChI is InChI=1S/C12H18N4.2C9H10N4.ClH.Os/c1-3-12(16-7-5-14-10-16)8-11(2)15-6-4-13-9-15;2*1-7-11-9(13(2)12-7)8-5-3-4-6-10-8;;/h4-7,9-12H,3,8H2,1-2H3;2*3-6H,1-2H3;1H;/q;;;;+1/p-1. The number of nitrogens with zero attached hydrogens (tertiary/aromatic N) is 12. The molecule has 233 valence electrons. The van der Waals surface area contributed by atoms with Crippen LogP contribution < -0.4 is 0 Å². The molecule has 6 aromatic rings. The molecule has 2 unspecified atom stereocenters. The second kappa shape index (κ2) is 17.9. The molecule has 0 N–H and O–H groups in total. The third kappa shape index (κ3) is 10.00. The molecule has 0 amide bonds. The number of pyridine rings is 2. The third-order valence-corrected chi connectivity index (χ3v) is 6.59. The van der Waals surface area contributed by atoms with E-state index in [0.717, 1.165) is 47.5 Å². The minimum absolute atomic E-state index is 0.467. The molecule has 6 rings (SSSR count). The number of hydrogen-bond donors (Lipinski definition) is 0. The van der Waals surface area contributed by atoms with Gasteiger partial charge in [-0.2, -0.15) is 10.2 Å². The minimum atomic E-state index is 0.467. The molecule has 0 fully saturated rings. The summed E-state index contributed by atoms with van der Waals surface area (Å²) in [5.74, 6) is 3.14. The first-order valence-electron chi connectivity index (χ1n) is 14.0. The first-order valence-corrected chi connectivity index (χ1v) is 17.2. The third-order valence-electron chi connectivity index (χ3n) is 6.59. The van der Waals surface area contributed by atoms with E-state index in [0.29, 0.717) is 12.1 Å². The van der Waals surface area contributed by atoms with E-state index in [1.807, 2.05) is 102 Å². The molecule has 0 radical (unpaired) electrons. The van der Waals surface area contributed by atoms with Crippen molar-refractivity contribution in [2.75, 3.05) is 0 Å². The van der Waals surface area contributed by atoms with E-state index >= 15 is 0 Å². The number of aryl methyl sites for hydroxylation is 4. The van der Waals surface area contributed by atoms with Gasteiger partial charge in [-0.1, -0.05) is 19.1 Å². The second-order valence-corrected chi connectivity index (χ2v) is 9.81. The summed E-state index contributed by atoms with van der Waals surface area (Å²) in [6, 6.07) is 12.5. The van der Waals surface area contributed by atoms with Gasteiger partial charge in [0.15, 0.2) is 11.6 Å². The Hall–Kier alpha value is -4.07. The van der Waals surface area contributed by atoms with E-state index in [9.17, 15) is 0 Å². The topological polar surface area (TPSA) is 123 Å². The van der Waals surface area contributed by atoms with E-state index in [4.69, 9.17) is 0 Å². The molecule has 44 heavy (non-hydrogen) atoms. The SMILES string of the molecule is CCC(CC(C)n1ccnc1)n1ccnc1.Cc1nc(-c2ccccn2)n(C)n1.Cc1nc(-c2ccccn2)n(C)n1.[Cl][Os]. The summed E-state index contributed by atoms with van der Waals surface area (Å²) in [6.07, 6.45) is 17.2. The van der Waals surface area contributed by atoms with Gasteiger partial charge in [-0.15, -0.1) is 0 Å². The van der Waals surface area contributed by atoms with Gasteiger partial charge in [-0.05, 0) is 57.9 Å². The molecule has 6 heterocycles. The Balaban J connectivity index is 0.000000176. The molecular formula is C30H38ClN12Os. The van der Waals surface area contributed by atoms with Gasteiger partial charge in [0.05, 0.1) is 12.7 Å². The quantitative estimate of drug-likeness (QED) is 0.201. The van der Waals surface area contributed by atoms with Crippen LogP contribution in [0.1, 0.15) is 50.4 Å². The second-order valence-electron chi connectivity index (χ2n) is 9.81. The van der Waals surface area contributed by atoms with Crippen molar-refractivity contribution < 1.29 is 17.6 Å². The predicted octanol–water partition coefficient (Wildman–Crippen LogP) is 5.74. The van der Waals surface area contributed by atoms with Gasteiger partial charge < -0.3 is 9.13 Å². The Bertz CT molecular complexity index is 1520. The van der Waals surface area contributed by atoms with Crippen LogP contribution in [-0.4, -0.2) is 58.6 Å². The fourth-order valence-corrected chi connectivity index (χ4v) is 4.49. The Kier molecular flexibility index (Phi) is 14.0. The van der Waals surface area contributed by atoms with Crippen LogP contribution in [0, 0.1) is 13.8 Å². The molecule has 0 aromatic carbocycles. The Morgan fingerprint density at radius 3 is 1.55 bits per heavy atom. The first kappa shape index (κ1) is 34.4. The van der Waals surface area contributed by atoms with Crippen molar-refractivity contribution in [1.29, 1.82) is 0 Å². The molecule has 0 aliphatic heterocycles. The van der Waals surface area contributed by atoms with Crippen LogP contribution in [0.5, 0.6) is 0 Å². The summed E-state index contributed by atoms with van der Waals surface area (Å²) in [5, 5.41) is 8.31. The van der Waals surface area contributed by atoms with E-state index in [1.54, 1.807) is 21.8 Å². The average molecular weight is 792 g/mol. The summed E-state index contributed by atoms with van der Waals surface area (Å²) in [6.45, 7) is 8.17. The van der Waals surface area contributed by atoms with Crippen molar-refractivity contribution in [2.24, 2.45) is 14.1 Å². The van der Waals surface area contributed by atoms with Gasteiger partial charge in [-0.25, -0.2) is 29.3 Å². The van der Waals surface area contributed by atoms with Crippen molar-refractivity contribution in [3.63, 3.8) is 0 Å². The molecule has 12 nitrogen and oxygen atoms in total. The van der Waals surface area contributed by atoms with Crippen LogP contribution in [-0.2, 0) is 31.7 Å². The van der Waals surface area contributed by atoms with Crippen molar-refractivity contribution in [1.82, 2.24) is 58.6 Å². The summed E-state index contributed by atoms with van der Waals surface area (Å²) in [4.78, 5) is 25.1. The average Bonchev–Trinajstić information content (AvgIpc) is 3.87. The zero-order chi connectivity index (χ0) is 31.9. The van der Waals surface area contributed by atoms with Crippen LogP contribution in [0.3, 0.4) is 0 Å².